The maximum Gasteiger partial charge on any atom is 0.222 e. The summed E-state index contributed by atoms with van der Waals surface area (Å²) in [6.45, 7) is 4.19. The lowest BCUT2D eigenvalue weighted by atomic mass is 9.82. The lowest BCUT2D eigenvalue weighted by Gasteiger charge is -2.47. The molecule has 0 radical (unpaired) electrons. The fraction of sp³-hybridized carbons (Fsp3) is 0.696. The Morgan fingerprint density at radius 1 is 1.15 bits per heavy atom. The topological polar surface area (TPSA) is 36.7 Å². The van der Waals surface area contributed by atoms with Crippen LogP contribution >= 0.6 is 0 Å². The highest BCUT2D eigenvalue weighted by molar-refractivity contribution is 5.77. The van der Waals surface area contributed by atoms with E-state index in [-0.39, 0.29) is 0 Å². The van der Waals surface area contributed by atoms with E-state index < -0.39 is 0 Å². The summed E-state index contributed by atoms with van der Waals surface area (Å²) in [6, 6.07) is 4.39. The molecular formula is C23H34N2O2. The maximum absolute atomic E-state index is 12.6. The zero-order valence-corrected chi connectivity index (χ0v) is 16.5. The first-order valence-electron chi connectivity index (χ1n) is 11.0. The minimum Gasteiger partial charge on any atom is -0.465 e. The van der Waals surface area contributed by atoms with Gasteiger partial charge in [-0.2, -0.15) is 0 Å². The van der Waals surface area contributed by atoms with Crippen LogP contribution < -0.4 is 0 Å². The monoisotopic (exact) mass is 370 g/mol. The van der Waals surface area contributed by atoms with Crippen LogP contribution in [0.5, 0.6) is 0 Å². The van der Waals surface area contributed by atoms with E-state index in [9.17, 15) is 4.79 Å². The van der Waals surface area contributed by atoms with Crippen molar-refractivity contribution in [3.05, 3.63) is 30.2 Å². The van der Waals surface area contributed by atoms with Gasteiger partial charge in [-0.15, -0.1) is 0 Å². The molecule has 1 saturated carbocycles. The van der Waals surface area contributed by atoms with E-state index in [2.05, 4.69) is 22.0 Å². The molecule has 0 N–H and O–H groups in total. The summed E-state index contributed by atoms with van der Waals surface area (Å²) in [5.74, 6) is 2.85. The van der Waals surface area contributed by atoms with Crippen molar-refractivity contribution in [2.45, 2.75) is 63.8 Å². The molecule has 2 saturated heterocycles. The standard InChI is InChI=1S/C23H34N2O2/c26-23-11-10-20-18-24(14-4-8-21-9-5-17-27-21)15-13-22(20)25(23)16-12-19-6-2-1-3-7-19/h4-5,8-9,17,19-20,22H,1-3,6-7,10-16,18H2/t20-,22+/m1/s1. The van der Waals surface area contributed by atoms with E-state index >= 15 is 0 Å². The summed E-state index contributed by atoms with van der Waals surface area (Å²) in [4.78, 5) is 17.4. The molecule has 1 aromatic heterocycles. The molecule has 3 fully saturated rings. The average molecular weight is 371 g/mol. The molecule has 4 heteroatoms. The van der Waals surface area contributed by atoms with Gasteiger partial charge in [-0.25, -0.2) is 0 Å². The van der Waals surface area contributed by atoms with Crippen LogP contribution in [-0.2, 0) is 4.79 Å². The molecule has 1 aliphatic carbocycles. The van der Waals surface area contributed by atoms with Gasteiger partial charge in [0.15, 0.2) is 0 Å². The normalized spacial score (nSPS) is 28.0. The van der Waals surface area contributed by atoms with Crippen molar-refractivity contribution >= 4 is 12.0 Å². The van der Waals surface area contributed by atoms with Crippen LogP contribution in [0.25, 0.3) is 6.08 Å². The van der Waals surface area contributed by atoms with Crippen LogP contribution in [0.3, 0.4) is 0 Å². The van der Waals surface area contributed by atoms with Gasteiger partial charge in [-0.3, -0.25) is 9.69 Å². The Bertz CT molecular complexity index is 618. The van der Waals surface area contributed by atoms with Crippen LogP contribution in [0.4, 0.5) is 0 Å². The van der Waals surface area contributed by atoms with Gasteiger partial charge in [-0.05, 0) is 49.3 Å². The first kappa shape index (κ1) is 18.8. The minimum atomic E-state index is 0.415. The van der Waals surface area contributed by atoms with Gasteiger partial charge in [-0.1, -0.05) is 38.2 Å². The number of piperidine rings is 2. The van der Waals surface area contributed by atoms with E-state index in [1.807, 2.05) is 12.1 Å². The molecule has 0 aromatic carbocycles. The van der Waals surface area contributed by atoms with E-state index in [1.54, 1.807) is 6.26 Å². The van der Waals surface area contributed by atoms with Crippen molar-refractivity contribution in [2.75, 3.05) is 26.2 Å². The number of likely N-dealkylation sites (tertiary alicyclic amines) is 2. The molecule has 27 heavy (non-hydrogen) atoms. The lowest BCUT2D eigenvalue weighted by molar-refractivity contribution is -0.141. The van der Waals surface area contributed by atoms with Gasteiger partial charge in [0.25, 0.3) is 0 Å². The van der Waals surface area contributed by atoms with Gasteiger partial charge in [0.2, 0.25) is 5.91 Å². The predicted octanol–water partition coefficient (Wildman–Crippen LogP) is 4.58. The Hall–Kier alpha value is -1.55. The Morgan fingerprint density at radius 2 is 2.04 bits per heavy atom. The van der Waals surface area contributed by atoms with Crippen LogP contribution in [0.15, 0.2) is 28.9 Å². The molecule has 0 bridgehead atoms. The van der Waals surface area contributed by atoms with Crippen LogP contribution in [0.1, 0.15) is 63.5 Å². The van der Waals surface area contributed by atoms with Crippen LogP contribution in [-0.4, -0.2) is 47.9 Å². The SMILES string of the molecule is O=C1CC[C@@H]2CN(CC=Cc3ccco3)CC[C@@H]2N1CCC1CCCCC1. The van der Waals surface area contributed by atoms with Crippen LogP contribution in [0.2, 0.25) is 0 Å². The summed E-state index contributed by atoms with van der Waals surface area (Å²) in [6.07, 6.45) is 17.1. The molecule has 2 aliphatic heterocycles. The fourth-order valence-electron chi connectivity index (χ4n) is 5.38. The second-order valence-electron chi connectivity index (χ2n) is 8.71. The molecule has 1 amide bonds. The molecule has 2 atom stereocenters. The number of carbonyl (C=O) groups excluding carboxylic acids is 1. The van der Waals surface area contributed by atoms with E-state index in [4.69, 9.17) is 4.42 Å². The van der Waals surface area contributed by atoms with Crippen molar-refractivity contribution < 1.29 is 9.21 Å². The molecule has 3 heterocycles. The third-order valence-corrected chi connectivity index (χ3v) is 6.92. The number of hydrogen-bond donors (Lipinski definition) is 0. The van der Waals surface area contributed by atoms with E-state index in [0.29, 0.717) is 17.9 Å². The number of nitrogens with zero attached hydrogens (tertiary/aromatic N) is 2. The van der Waals surface area contributed by atoms with E-state index in [1.165, 1.54) is 38.5 Å². The fourth-order valence-corrected chi connectivity index (χ4v) is 5.38. The van der Waals surface area contributed by atoms with Crippen molar-refractivity contribution in [2.24, 2.45) is 11.8 Å². The van der Waals surface area contributed by atoms with Crippen molar-refractivity contribution in [1.82, 2.24) is 9.80 Å². The van der Waals surface area contributed by atoms with Gasteiger partial charge < -0.3 is 9.32 Å². The largest absolute Gasteiger partial charge is 0.465 e. The highest BCUT2D eigenvalue weighted by Gasteiger charge is 2.38. The summed E-state index contributed by atoms with van der Waals surface area (Å²) in [5, 5.41) is 0. The van der Waals surface area contributed by atoms with Gasteiger partial charge in [0.05, 0.1) is 6.26 Å². The molecule has 148 valence electrons. The quantitative estimate of drug-likeness (QED) is 0.736. The third-order valence-electron chi connectivity index (χ3n) is 6.92. The first-order valence-corrected chi connectivity index (χ1v) is 11.0. The molecule has 0 unspecified atom stereocenters. The first-order chi connectivity index (χ1) is 13.3. The third kappa shape index (κ3) is 4.84. The predicted molar refractivity (Wildman–Crippen MR) is 108 cm³/mol. The zero-order chi connectivity index (χ0) is 18.5. The Balaban J connectivity index is 1.28. The maximum atomic E-state index is 12.6. The molecular weight excluding hydrogens is 336 g/mol. The molecule has 4 rings (SSSR count). The van der Waals surface area contributed by atoms with Crippen LogP contribution in [0, 0.1) is 11.8 Å². The van der Waals surface area contributed by atoms with Gasteiger partial charge >= 0.3 is 0 Å². The number of fused-ring (bicyclic) bond motifs is 1. The number of rotatable bonds is 6. The second-order valence-corrected chi connectivity index (χ2v) is 8.71. The second kappa shape index (κ2) is 9.09. The molecule has 1 aromatic rings. The van der Waals surface area contributed by atoms with Crippen molar-refractivity contribution in [3.8, 4) is 0 Å². The summed E-state index contributed by atoms with van der Waals surface area (Å²) >= 11 is 0. The van der Waals surface area contributed by atoms with Gasteiger partial charge in [0.1, 0.15) is 5.76 Å². The minimum absolute atomic E-state index is 0.415. The Morgan fingerprint density at radius 3 is 2.85 bits per heavy atom. The van der Waals surface area contributed by atoms with Crippen molar-refractivity contribution in [1.29, 1.82) is 0 Å². The Kier molecular flexibility index (Phi) is 6.33. The number of amides is 1. The summed E-state index contributed by atoms with van der Waals surface area (Å²) < 4.78 is 5.36. The highest BCUT2D eigenvalue weighted by Crippen LogP contribution is 2.33. The summed E-state index contributed by atoms with van der Waals surface area (Å²) in [5.41, 5.74) is 0. The number of furan rings is 1. The van der Waals surface area contributed by atoms with Gasteiger partial charge in [0, 0.05) is 38.6 Å². The molecule has 3 aliphatic rings. The van der Waals surface area contributed by atoms with E-state index in [0.717, 1.165) is 57.1 Å². The highest BCUT2D eigenvalue weighted by atomic mass is 16.3. The average Bonchev–Trinajstić information content (AvgIpc) is 3.21. The smallest absolute Gasteiger partial charge is 0.222 e. The number of hydrogen-bond acceptors (Lipinski definition) is 3. The number of carbonyl (C=O) groups is 1. The molecule has 0 spiro atoms. The Labute approximate surface area is 163 Å². The zero-order valence-electron chi connectivity index (χ0n) is 16.5. The molecule has 4 nitrogen and oxygen atoms in total. The lowest BCUT2D eigenvalue weighted by Crippen LogP contribution is -2.56. The summed E-state index contributed by atoms with van der Waals surface area (Å²) in [7, 11) is 0. The van der Waals surface area contributed by atoms with Crippen molar-refractivity contribution in [3.63, 3.8) is 0 Å².